The number of benzene rings is 3. The van der Waals surface area contributed by atoms with Crippen LogP contribution in [-0.4, -0.2) is 33.7 Å². The number of nitrogens with one attached hydrogen (secondary N) is 1. The molecule has 0 saturated carbocycles. The summed E-state index contributed by atoms with van der Waals surface area (Å²) >= 11 is 0. The van der Waals surface area contributed by atoms with E-state index in [-0.39, 0.29) is 24.9 Å². The molecule has 1 N–H and O–H groups in total. The van der Waals surface area contributed by atoms with Crippen LogP contribution in [0.15, 0.2) is 66.7 Å². The van der Waals surface area contributed by atoms with E-state index in [0.29, 0.717) is 22.4 Å². The summed E-state index contributed by atoms with van der Waals surface area (Å²) in [6.45, 7) is 1.80. The molecule has 3 aromatic carbocycles. The minimum absolute atomic E-state index is 0.00302. The predicted molar refractivity (Wildman–Crippen MR) is 119 cm³/mol. The van der Waals surface area contributed by atoms with E-state index in [0.717, 1.165) is 11.1 Å². The van der Waals surface area contributed by atoms with Crippen molar-refractivity contribution in [3.63, 3.8) is 0 Å². The van der Waals surface area contributed by atoms with Crippen molar-refractivity contribution in [2.75, 3.05) is 6.61 Å². The number of ether oxygens (including phenoxy) is 1. The molecule has 1 aromatic heterocycles. The maximum Gasteiger partial charge on any atom is 0.407 e. The normalized spacial score (nSPS) is 12.3. The molecule has 1 aliphatic rings. The van der Waals surface area contributed by atoms with Crippen molar-refractivity contribution >= 4 is 22.9 Å². The Labute approximate surface area is 184 Å². The number of fused-ring (bicyclic) bond motifs is 4. The number of rotatable bonds is 5. The van der Waals surface area contributed by atoms with E-state index in [1.165, 1.54) is 18.1 Å². The van der Waals surface area contributed by atoms with Crippen molar-refractivity contribution in [2.45, 2.75) is 19.4 Å². The Balaban J connectivity index is 1.25. The molecule has 0 radical (unpaired) electrons. The van der Waals surface area contributed by atoms with Crippen molar-refractivity contribution in [1.82, 2.24) is 20.5 Å². The van der Waals surface area contributed by atoms with Crippen LogP contribution in [0, 0.1) is 0 Å². The first-order valence-corrected chi connectivity index (χ1v) is 10.3. The summed E-state index contributed by atoms with van der Waals surface area (Å²) in [5.41, 5.74) is 6.36. The van der Waals surface area contributed by atoms with Crippen molar-refractivity contribution in [3.05, 3.63) is 89.2 Å². The lowest BCUT2D eigenvalue weighted by atomic mass is 9.98. The van der Waals surface area contributed by atoms with Gasteiger partial charge in [-0.3, -0.25) is 4.79 Å². The number of ketones is 1. The van der Waals surface area contributed by atoms with E-state index < -0.39 is 6.09 Å². The third kappa shape index (κ3) is 3.69. The molecule has 0 atom stereocenters. The molecule has 32 heavy (non-hydrogen) atoms. The molecule has 1 aliphatic carbocycles. The van der Waals surface area contributed by atoms with E-state index in [2.05, 4.69) is 44.8 Å². The van der Waals surface area contributed by atoms with Crippen LogP contribution in [0.25, 0.3) is 22.2 Å². The number of nitrogens with zero attached hydrogens (tertiary/aromatic N) is 3. The van der Waals surface area contributed by atoms with Gasteiger partial charge in [0.25, 0.3) is 0 Å². The number of Topliss-reactive ketones (excluding diaryl/α,β-unsaturated/α-hetero) is 1. The van der Waals surface area contributed by atoms with Crippen LogP contribution in [0.1, 0.15) is 40.2 Å². The molecule has 1 amide bonds. The summed E-state index contributed by atoms with van der Waals surface area (Å²) < 4.78 is 5.53. The zero-order valence-electron chi connectivity index (χ0n) is 17.4. The molecule has 0 bridgehead atoms. The second-order valence-electron chi connectivity index (χ2n) is 7.67. The van der Waals surface area contributed by atoms with Gasteiger partial charge in [0.1, 0.15) is 12.1 Å². The highest BCUT2D eigenvalue weighted by atomic mass is 16.5. The van der Waals surface area contributed by atoms with Crippen LogP contribution in [-0.2, 0) is 11.3 Å². The third-order valence-corrected chi connectivity index (χ3v) is 5.64. The van der Waals surface area contributed by atoms with E-state index in [1.807, 2.05) is 24.3 Å². The molecule has 0 saturated heterocycles. The number of hydrogen-bond acceptors (Lipinski definition) is 6. The molecule has 5 rings (SSSR count). The standard InChI is InChI=1S/C25H20N4O3/c1-15(30)16-10-11-22-23(12-16)27-24(29-28-22)13-26-25(31)32-14-21-19-8-4-2-6-17(19)18-7-3-5-9-20(18)21/h2-12,21H,13-14H2,1H3,(H,26,31). The first-order chi connectivity index (χ1) is 15.6. The fraction of sp³-hybridized carbons (Fsp3) is 0.160. The van der Waals surface area contributed by atoms with Gasteiger partial charge in [-0.25, -0.2) is 9.78 Å². The van der Waals surface area contributed by atoms with Gasteiger partial charge in [-0.2, -0.15) is 0 Å². The Kier molecular flexibility index (Phi) is 5.07. The van der Waals surface area contributed by atoms with Crippen LogP contribution in [0.3, 0.4) is 0 Å². The van der Waals surface area contributed by atoms with Crippen molar-refractivity contribution in [1.29, 1.82) is 0 Å². The van der Waals surface area contributed by atoms with Gasteiger partial charge < -0.3 is 10.1 Å². The van der Waals surface area contributed by atoms with E-state index >= 15 is 0 Å². The molecule has 158 valence electrons. The molecule has 0 aliphatic heterocycles. The fourth-order valence-electron chi connectivity index (χ4n) is 4.07. The lowest BCUT2D eigenvalue weighted by Crippen LogP contribution is -2.26. The number of carbonyl (C=O) groups is 2. The summed E-state index contributed by atoms with van der Waals surface area (Å²) in [5, 5.41) is 10.8. The average molecular weight is 424 g/mol. The molecule has 1 heterocycles. The monoisotopic (exact) mass is 424 g/mol. The maximum atomic E-state index is 12.4. The van der Waals surface area contributed by atoms with Crippen molar-refractivity contribution in [2.24, 2.45) is 0 Å². The van der Waals surface area contributed by atoms with Crippen LogP contribution in [0.5, 0.6) is 0 Å². The molecule has 0 fully saturated rings. The smallest absolute Gasteiger partial charge is 0.407 e. The number of alkyl carbamates (subject to hydrolysis) is 1. The van der Waals surface area contributed by atoms with Crippen LogP contribution < -0.4 is 5.32 Å². The maximum absolute atomic E-state index is 12.4. The second kappa shape index (κ2) is 8.19. The molecule has 0 spiro atoms. The van der Waals surface area contributed by atoms with E-state index in [4.69, 9.17) is 4.74 Å². The van der Waals surface area contributed by atoms with Gasteiger partial charge in [-0.15, -0.1) is 10.2 Å². The SMILES string of the molecule is CC(=O)c1ccc2nnc(CNC(=O)OCC3c4ccccc4-c4ccccc43)nc2c1. The van der Waals surface area contributed by atoms with Gasteiger partial charge in [0.05, 0.1) is 12.1 Å². The number of amides is 1. The Bertz CT molecular complexity index is 1310. The number of carbonyl (C=O) groups excluding carboxylic acids is 2. The van der Waals surface area contributed by atoms with E-state index in [1.54, 1.807) is 18.2 Å². The minimum atomic E-state index is -0.548. The first kappa shape index (κ1) is 19.8. The van der Waals surface area contributed by atoms with Gasteiger partial charge in [0, 0.05) is 11.5 Å². The molecule has 7 nitrogen and oxygen atoms in total. The first-order valence-electron chi connectivity index (χ1n) is 10.3. The van der Waals surface area contributed by atoms with Gasteiger partial charge >= 0.3 is 6.09 Å². The summed E-state index contributed by atoms with van der Waals surface area (Å²) in [6, 6.07) is 21.4. The molecular weight excluding hydrogens is 404 g/mol. The fourth-order valence-corrected chi connectivity index (χ4v) is 4.07. The van der Waals surface area contributed by atoms with Gasteiger partial charge in [0.15, 0.2) is 11.6 Å². The Hall–Kier alpha value is -4.13. The summed E-state index contributed by atoms with van der Waals surface area (Å²) in [4.78, 5) is 28.3. The van der Waals surface area contributed by atoms with E-state index in [9.17, 15) is 9.59 Å². The molecule has 4 aromatic rings. The summed E-state index contributed by atoms with van der Waals surface area (Å²) in [5.74, 6) is 0.285. The Morgan fingerprint density at radius 1 is 0.906 bits per heavy atom. The lowest BCUT2D eigenvalue weighted by molar-refractivity contribution is 0.101. The average Bonchev–Trinajstić information content (AvgIpc) is 3.14. The highest BCUT2D eigenvalue weighted by molar-refractivity contribution is 5.97. The molecular formula is C25H20N4O3. The van der Waals surface area contributed by atoms with Crippen LogP contribution >= 0.6 is 0 Å². The zero-order chi connectivity index (χ0) is 22.1. The molecule has 0 unspecified atom stereocenters. The zero-order valence-corrected chi connectivity index (χ0v) is 17.4. The molecule has 7 heteroatoms. The highest BCUT2D eigenvalue weighted by Gasteiger charge is 2.28. The van der Waals surface area contributed by atoms with Crippen molar-refractivity contribution in [3.8, 4) is 11.1 Å². The topological polar surface area (TPSA) is 94.1 Å². The highest BCUT2D eigenvalue weighted by Crippen LogP contribution is 2.44. The third-order valence-electron chi connectivity index (χ3n) is 5.64. The number of hydrogen-bond donors (Lipinski definition) is 1. The van der Waals surface area contributed by atoms with Gasteiger partial charge in [0.2, 0.25) is 0 Å². The van der Waals surface area contributed by atoms with Crippen LogP contribution in [0.4, 0.5) is 4.79 Å². The summed E-state index contributed by atoms with van der Waals surface area (Å²) in [7, 11) is 0. The second-order valence-corrected chi connectivity index (χ2v) is 7.67. The predicted octanol–water partition coefficient (Wildman–Crippen LogP) is 4.27. The Morgan fingerprint density at radius 2 is 1.59 bits per heavy atom. The van der Waals surface area contributed by atoms with Crippen LogP contribution in [0.2, 0.25) is 0 Å². The van der Waals surface area contributed by atoms with Gasteiger partial charge in [-0.1, -0.05) is 48.5 Å². The quantitative estimate of drug-likeness (QED) is 0.481. The lowest BCUT2D eigenvalue weighted by Gasteiger charge is -2.14. The largest absolute Gasteiger partial charge is 0.449 e. The number of aromatic nitrogens is 3. The Morgan fingerprint density at radius 3 is 2.28 bits per heavy atom. The summed E-state index contributed by atoms with van der Waals surface area (Å²) in [6.07, 6.45) is -0.548. The van der Waals surface area contributed by atoms with Crippen molar-refractivity contribution < 1.29 is 14.3 Å². The minimum Gasteiger partial charge on any atom is -0.449 e. The van der Waals surface area contributed by atoms with Gasteiger partial charge in [-0.05, 0) is 47.4 Å².